The van der Waals surface area contributed by atoms with Gasteiger partial charge >= 0.3 is 0 Å². The lowest BCUT2D eigenvalue weighted by Gasteiger charge is -2.20. The molecule has 1 aliphatic rings. The molecule has 3 rings (SSSR count). The molecule has 1 fully saturated rings. The summed E-state index contributed by atoms with van der Waals surface area (Å²) in [4.78, 5) is 16.5. The van der Waals surface area contributed by atoms with Crippen molar-refractivity contribution in [2.45, 2.75) is 25.4 Å². The maximum Gasteiger partial charge on any atom is 0.246 e. The first-order chi connectivity index (χ1) is 11.9. The summed E-state index contributed by atoms with van der Waals surface area (Å²) in [5, 5.41) is 6.99. The number of rotatable bonds is 5. The van der Waals surface area contributed by atoms with Crippen molar-refractivity contribution >= 4 is 27.5 Å². The lowest BCUT2D eigenvalue weighted by atomic mass is 10.2. The van der Waals surface area contributed by atoms with Crippen LogP contribution in [-0.2, 0) is 21.4 Å². The molecule has 0 unspecified atom stereocenters. The summed E-state index contributed by atoms with van der Waals surface area (Å²) >= 11 is 6.09. The van der Waals surface area contributed by atoms with E-state index in [1.165, 1.54) is 4.31 Å². The molecule has 0 aliphatic carbocycles. The van der Waals surface area contributed by atoms with Crippen molar-refractivity contribution in [3.8, 4) is 11.4 Å². The second kappa shape index (κ2) is 7.11. The maximum atomic E-state index is 12.3. The van der Waals surface area contributed by atoms with Gasteiger partial charge in [-0.2, -0.15) is 9.29 Å². The molecule has 1 saturated heterocycles. The van der Waals surface area contributed by atoms with Gasteiger partial charge in [-0.15, -0.1) is 0 Å². The molecule has 1 atom stereocenters. The number of sulfonamides is 1. The summed E-state index contributed by atoms with van der Waals surface area (Å²) in [6.45, 7) is 0.374. The Labute approximate surface area is 150 Å². The molecule has 10 heteroatoms. The summed E-state index contributed by atoms with van der Waals surface area (Å²) in [6, 6.07) is 6.38. The largest absolute Gasteiger partial charge is 0.346 e. The molecule has 1 aromatic carbocycles. The fourth-order valence-electron chi connectivity index (χ4n) is 2.76. The van der Waals surface area contributed by atoms with Crippen molar-refractivity contribution < 1.29 is 17.7 Å². The number of hydrogen-bond acceptors (Lipinski definition) is 6. The average molecular weight is 385 g/mol. The smallest absolute Gasteiger partial charge is 0.246 e. The monoisotopic (exact) mass is 384 g/mol. The van der Waals surface area contributed by atoms with E-state index < -0.39 is 16.1 Å². The van der Waals surface area contributed by atoms with Crippen LogP contribution in [0.5, 0.6) is 0 Å². The molecular weight excluding hydrogens is 368 g/mol. The van der Waals surface area contributed by atoms with Crippen LogP contribution in [0.2, 0.25) is 5.02 Å². The molecular formula is C15H17ClN4O4S. The minimum atomic E-state index is -3.41. The van der Waals surface area contributed by atoms with E-state index in [9.17, 15) is 13.2 Å². The number of nitrogens with zero attached hydrogens (tertiary/aromatic N) is 3. The first-order valence-corrected chi connectivity index (χ1v) is 9.91. The van der Waals surface area contributed by atoms with Crippen LogP contribution >= 0.6 is 11.6 Å². The van der Waals surface area contributed by atoms with E-state index in [1.54, 1.807) is 24.3 Å². The van der Waals surface area contributed by atoms with Gasteiger partial charge in [-0.3, -0.25) is 4.79 Å². The van der Waals surface area contributed by atoms with Gasteiger partial charge in [0, 0.05) is 12.1 Å². The Morgan fingerprint density at radius 3 is 2.92 bits per heavy atom. The third-order valence-corrected chi connectivity index (χ3v) is 5.55. The van der Waals surface area contributed by atoms with Crippen molar-refractivity contribution in [1.82, 2.24) is 19.8 Å². The molecule has 0 spiro atoms. The molecule has 2 heterocycles. The van der Waals surface area contributed by atoms with E-state index in [0.717, 1.165) is 6.26 Å². The molecule has 1 amide bonds. The Bertz CT molecular complexity index is 883. The third-order valence-electron chi connectivity index (χ3n) is 3.93. The number of halogens is 1. The summed E-state index contributed by atoms with van der Waals surface area (Å²) in [5.41, 5.74) is 0.629. The molecule has 0 saturated carbocycles. The Balaban J connectivity index is 1.65. The number of hydrogen-bond donors (Lipinski definition) is 1. The molecule has 25 heavy (non-hydrogen) atoms. The van der Waals surface area contributed by atoms with Crippen molar-refractivity contribution in [3.05, 3.63) is 35.2 Å². The van der Waals surface area contributed by atoms with E-state index in [1.807, 2.05) is 0 Å². The van der Waals surface area contributed by atoms with E-state index >= 15 is 0 Å². The molecule has 8 nitrogen and oxygen atoms in total. The van der Waals surface area contributed by atoms with Crippen LogP contribution < -0.4 is 5.32 Å². The normalized spacial score (nSPS) is 18.4. The Morgan fingerprint density at radius 2 is 2.20 bits per heavy atom. The molecule has 0 radical (unpaired) electrons. The fraction of sp³-hybridized carbons (Fsp3) is 0.400. The standard InChI is InChI=1S/C15H17ClN4O4S/c1-25(22,23)20-8-4-7-12(20)15(21)17-9-13-18-14(19-24-13)10-5-2-3-6-11(10)16/h2-3,5-6,12H,4,7-9H2,1H3,(H,17,21)/t12-/m0/s1. The van der Waals surface area contributed by atoms with Gasteiger partial charge < -0.3 is 9.84 Å². The van der Waals surface area contributed by atoms with Crippen LogP contribution in [-0.4, -0.2) is 47.6 Å². The number of nitrogens with one attached hydrogen (secondary N) is 1. The van der Waals surface area contributed by atoms with Crippen LogP contribution in [0.25, 0.3) is 11.4 Å². The van der Waals surface area contributed by atoms with E-state index in [-0.39, 0.29) is 18.3 Å². The van der Waals surface area contributed by atoms with E-state index in [2.05, 4.69) is 15.5 Å². The molecule has 1 aliphatic heterocycles. The van der Waals surface area contributed by atoms with Crippen molar-refractivity contribution in [2.75, 3.05) is 12.8 Å². The van der Waals surface area contributed by atoms with Crippen molar-refractivity contribution in [1.29, 1.82) is 0 Å². The quantitative estimate of drug-likeness (QED) is 0.835. The number of amides is 1. The first kappa shape index (κ1) is 17.8. The highest BCUT2D eigenvalue weighted by Crippen LogP contribution is 2.25. The third kappa shape index (κ3) is 4.00. The van der Waals surface area contributed by atoms with Gasteiger partial charge in [0.1, 0.15) is 6.04 Å². The molecule has 1 aromatic heterocycles. The lowest BCUT2D eigenvalue weighted by molar-refractivity contribution is -0.124. The summed E-state index contributed by atoms with van der Waals surface area (Å²) < 4.78 is 29.7. The minimum Gasteiger partial charge on any atom is -0.346 e. The Morgan fingerprint density at radius 1 is 1.44 bits per heavy atom. The number of aromatic nitrogens is 2. The number of carbonyl (C=O) groups excluding carboxylic acids is 1. The maximum absolute atomic E-state index is 12.3. The second-order valence-corrected chi connectivity index (χ2v) is 8.08. The van der Waals surface area contributed by atoms with Gasteiger partial charge in [-0.05, 0) is 25.0 Å². The SMILES string of the molecule is CS(=O)(=O)N1CCC[C@H]1C(=O)NCc1nc(-c2ccccc2Cl)no1. The van der Waals surface area contributed by atoms with Crippen LogP contribution in [0.3, 0.4) is 0 Å². The molecule has 1 N–H and O–H groups in total. The average Bonchev–Trinajstić information content (AvgIpc) is 3.22. The first-order valence-electron chi connectivity index (χ1n) is 7.68. The van der Waals surface area contributed by atoms with Gasteiger partial charge in [0.05, 0.1) is 17.8 Å². The summed E-state index contributed by atoms with van der Waals surface area (Å²) in [7, 11) is -3.41. The zero-order valence-corrected chi connectivity index (χ0v) is 15.0. The number of benzene rings is 1. The highest BCUT2D eigenvalue weighted by molar-refractivity contribution is 7.88. The highest BCUT2D eigenvalue weighted by atomic mass is 35.5. The van der Waals surface area contributed by atoms with Gasteiger partial charge in [0.25, 0.3) is 0 Å². The lowest BCUT2D eigenvalue weighted by Crippen LogP contribution is -2.45. The number of carbonyl (C=O) groups is 1. The van der Waals surface area contributed by atoms with Crippen LogP contribution in [0, 0.1) is 0 Å². The van der Waals surface area contributed by atoms with Crippen molar-refractivity contribution in [2.24, 2.45) is 0 Å². The van der Waals surface area contributed by atoms with Crippen LogP contribution in [0.4, 0.5) is 0 Å². The zero-order chi connectivity index (χ0) is 18.0. The predicted octanol–water partition coefficient (Wildman–Crippen LogP) is 1.43. The van der Waals surface area contributed by atoms with Gasteiger partial charge in [0.15, 0.2) is 0 Å². The summed E-state index contributed by atoms with van der Waals surface area (Å²) in [5.74, 6) is 0.168. The van der Waals surface area contributed by atoms with E-state index in [0.29, 0.717) is 35.8 Å². The highest BCUT2D eigenvalue weighted by Gasteiger charge is 2.36. The van der Waals surface area contributed by atoms with Crippen molar-refractivity contribution in [3.63, 3.8) is 0 Å². The second-order valence-electron chi connectivity index (χ2n) is 5.74. The molecule has 134 valence electrons. The van der Waals surface area contributed by atoms with Gasteiger partial charge in [0.2, 0.25) is 27.6 Å². The minimum absolute atomic E-state index is 0.0182. The Kier molecular flexibility index (Phi) is 5.07. The topological polar surface area (TPSA) is 105 Å². The predicted molar refractivity (Wildman–Crippen MR) is 91.2 cm³/mol. The Hall–Kier alpha value is -1.97. The summed E-state index contributed by atoms with van der Waals surface area (Å²) in [6.07, 6.45) is 2.25. The molecule has 0 bridgehead atoms. The van der Waals surface area contributed by atoms with E-state index in [4.69, 9.17) is 16.1 Å². The molecule has 2 aromatic rings. The van der Waals surface area contributed by atoms with Gasteiger partial charge in [-0.1, -0.05) is 28.9 Å². The fourth-order valence-corrected chi connectivity index (χ4v) is 4.10. The van der Waals surface area contributed by atoms with Gasteiger partial charge in [-0.25, -0.2) is 8.42 Å². The van der Waals surface area contributed by atoms with Crippen LogP contribution in [0.15, 0.2) is 28.8 Å². The zero-order valence-electron chi connectivity index (χ0n) is 13.5. The van der Waals surface area contributed by atoms with Crippen LogP contribution in [0.1, 0.15) is 18.7 Å².